The minimum Gasteiger partial charge on any atom is -0.468 e. The lowest BCUT2D eigenvalue weighted by atomic mass is 9.82. The Balaban J connectivity index is 2.05. The predicted octanol–water partition coefficient (Wildman–Crippen LogP) is 3.52. The molecule has 3 rings (SSSR count). The third-order valence-corrected chi connectivity index (χ3v) is 5.34. The van der Waals surface area contributed by atoms with E-state index in [1.807, 2.05) is 48.5 Å². The van der Waals surface area contributed by atoms with E-state index in [4.69, 9.17) is 4.74 Å². The van der Waals surface area contributed by atoms with Crippen LogP contribution < -0.4 is 0 Å². The molecule has 0 spiro atoms. The second-order valence-electron chi connectivity index (χ2n) is 5.22. The summed E-state index contributed by atoms with van der Waals surface area (Å²) in [4.78, 5) is 26.4. The molecule has 2 aromatic rings. The van der Waals surface area contributed by atoms with E-state index >= 15 is 0 Å². The number of Topliss-reactive ketones (excluding diaryl/α,β-unsaturated/α-hetero) is 1. The monoisotopic (exact) mass is 312 g/mol. The maximum atomic E-state index is 13.0. The van der Waals surface area contributed by atoms with Crippen molar-refractivity contribution in [2.24, 2.45) is 0 Å². The van der Waals surface area contributed by atoms with Gasteiger partial charge in [-0.1, -0.05) is 54.2 Å². The molecule has 0 saturated heterocycles. The maximum absolute atomic E-state index is 13.0. The van der Waals surface area contributed by atoms with E-state index in [0.717, 1.165) is 10.5 Å². The first-order valence-electron chi connectivity index (χ1n) is 7.12. The summed E-state index contributed by atoms with van der Waals surface area (Å²) >= 11 is 1.29. The molecular weight excluding hydrogens is 296 g/mol. The highest BCUT2D eigenvalue weighted by atomic mass is 32.2. The summed E-state index contributed by atoms with van der Waals surface area (Å²) < 4.78 is 3.78. The van der Waals surface area contributed by atoms with Crippen molar-refractivity contribution in [2.75, 3.05) is 7.11 Å². The maximum Gasteiger partial charge on any atom is 0.330 e. The van der Waals surface area contributed by atoms with Gasteiger partial charge in [-0.2, -0.15) is 0 Å². The number of ether oxygens (including phenoxy) is 1. The van der Waals surface area contributed by atoms with Gasteiger partial charge in [0.05, 0.1) is 7.11 Å². The molecule has 22 heavy (non-hydrogen) atoms. The number of aryl methyl sites for hydroxylation is 1. The molecule has 0 N–H and O–H groups in total. The predicted molar refractivity (Wildman–Crippen MR) is 86.1 cm³/mol. The van der Waals surface area contributed by atoms with Gasteiger partial charge in [-0.25, -0.2) is 0 Å². The summed E-state index contributed by atoms with van der Waals surface area (Å²) in [5.74, 6) is -0.629. The molecule has 1 atom stereocenters. The molecule has 2 aromatic carbocycles. The number of thioether (sulfide) groups is 1. The second-order valence-corrected chi connectivity index (χ2v) is 6.59. The van der Waals surface area contributed by atoms with E-state index in [9.17, 15) is 9.59 Å². The molecule has 0 unspecified atom stereocenters. The van der Waals surface area contributed by atoms with Gasteiger partial charge in [0.15, 0.2) is 10.5 Å². The van der Waals surface area contributed by atoms with Crippen molar-refractivity contribution in [3.05, 3.63) is 65.7 Å². The van der Waals surface area contributed by atoms with Crippen LogP contribution in [0.25, 0.3) is 0 Å². The third-order valence-electron chi connectivity index (χ3n) is 3.93. The van der Waals surface area contributed by atoms with Crippen LogP contribution in [0.5, 0.6) is 0 Å². The molecule has 4 heteroatoms. The van der Waals surface area contributed by atoms with Crippen molar-refractivity contribution in [1.82, 2.24) is 0 Å². The molecule has 0 fully saturated rings. The van der Waals surface area contributed by atoms with Gasteiger partial charge in [0, 0.05) is 10.5 Å². The normalized spacial score (nSPS) is 20.3. The van der Waals surface area contributed by atoms with Crippen molar-refractivity contribution in [1.29, 1.82) is 0 Å². The van der Waals surface area contributed by atoms with Crippen LogP contribution in [-0.2, 0) is 16.0 Å². The van der Waals surface area contributed by atoms with Crippen molar-refractivity contribution in [3.63, 3.8) is 0 Å². The molecule has 112 valence electrons. The number of esters is 1. The minimum atomic E-state index is -1.19. The highest BCUT2D eigenvalue weighted by Gasteiger charge is 2.50. The number of hydrogen-bond donors (Lipinski definition) is 0. The van der Waals surface area contributed by atoms with Crippen LogP contribution in [0.4, 0.5) is 0 Å². The van der Waals surface area contributed by atoms with E-state index in [1.54, 1.807) is 6.07 Å². The lowest BCUT2D eigenvalue weighted by Crippen LogP contribution is -2.47. The summed E-state index contributed by atoms with van der Waals surface area (Å²) in [6, 6.07) is 17.0. The molecule has 1 aliphatic rings. The highest BCUT2D eigenvalue weighted by molar-refractivity contribution is 8.02. The average Bonchev–Trinajstić information content (AvgIpc) is 2.58. The number of carbonyl (C=O) groups is 2. The molecular formula is C18H16O3S. The van der Waals surface area contributed by atoms with Crippen LogP contribution in [0.2, 0.25) is 0 Å². The lowest BCUT2D eigenvalue weighted by Gasteiger charge is -2.33. The average molecular weight is 312 g/mol. The number of benzene rings is 2. The largest absolute Gasteiger partial charge is 0.468 e. The van der Waals surface area contributed by atoms with Gasteiger partial charge in [-0.15, -0.1) is 0 Å². The van der Waals surface area contributed by atoms with E-state index in [2.05, 4.69) is 0 Å². The molecule has 0 saturated carbocycles. The summed E-state index contributed by atoms with van der Waals surface area (Å²) in [7, 11) is 1.34. The first-order valence-corrected chi connectivity index (χ1v) is 7.94. The SMILES string of the molecule is COC(=O)[C@@]1(Sc2ccccc2)CCc2ccccc2C1=O. The Labute approximate surface area is 133 Å². The zero-order valence-corrected chi connectivity index (χ0v) is 13.1. The van der Waals surface area contributed by atoms with E-state index in [0.29, 0.717) is 18.4 Å². The fraction of sp³-hybridized carbons (Fsp3) is 0.222. The van der Waals surface area contributed by atoms with Crippen LogP contribution in [0.3, 0.4) is 0 Å². The van der Waals surface area contributed by atoms with Gasteiger partial charge in [0.1, 0.15) is 0 Å². The number of methoxy groups -OCH3 is 1. The summed E-state index contributed by atoms with van der Waals surface area (Å²) in [5, 5.41) is 0. The first kappa shape index (κ1) is 14.9. The number of ketones is 1. The quantitative estimate of drug-likeness (QED) is 0.642. The van der Waals surface area contributed by atoms with Crippen molar-refractivity contribution < 1.29 is 14.3 Å². The smallest absolute Gasteiger partial charge is 0.330 e. The zero-order chi connectivity index (χ0) is 15.6. The van der Waals surface area contributed by atoms with Crippen molar-refractivity contribution >= 4 is 23.5 Å². The van der Waals surface area contributed by atoms with Crippen LogP contribution in [-0.4, -0.2) is 23.6 Å². The number of rotatable bonds is 3. The molecule has 0 aliphatic heterocycles. The highest BCUT2D eigenvalue weighted by Crippen LogP contribution is 2.43. The van der Waals surface area contributed by atoms with Crippen LogP contribution >= 0.6 is 11.8 Å². The molecule has 3 nitrogen and oxygen atoms in total. The minimum absolute atomic E-state index is 0.157. The van der Waals surface area contributed by atoms with Gasteiger partial charge in [0.2, 0.25) is 0 Å². The van der Waals surface area contributed by atoms with Crippen LogP contribution in [0, 0.1) is 0 Å². The van der Waals surface area contributed by atoms with E-state index < -0.39 is 10.7 Å². The molecule has 0 bridgehead atoms. The fourth-order valence-electron chi connectivity index (χ4n) is 2.79. The lowest BCUT2D eigenvalue weighted by molar-refractivity contribution is -0.142. The standard InChI is InChI=1S/C18H16O3S/c1-21-17(20)18(22-14-8-3-2-4-9-14)12-11-13-7-5-6-10-15(13)16(18)19/h2-10H,11-12H2,1H3/t18-/m1/s1. The first-order chi connectivity index (χ1) is 10.7. The number of fused-ring (bicyclic) bond motifs is 1. The zero-order valence-electron chi connectivity index (χ0n) is 12.2. The Bertz CT molecular complexity index is 711. The topological polar surface area (TPSA) is 43.4 Å². The summed E-state index contributed by atoms with van der Waals surface area (Å²) in [6.45, 7) is 0. The Kier molecular flexibility index (Phi) is 4.03. The Morgan fingerprint density at radius 2 is 1.77 bits per heavy atom. The molecule has 0 amide bonds. The van der Waals surface area contributed by atoms with Gasteiger partial charge in [0.25, 0.3) is 0 Å². The van der Waals surface area contributed by atoms with Crippen LogP contribution in [0.1, 0.15) is 22.3 Å². The fourth-order valence-corrected chi connectivity index (χ4v) is 4.06. The molecule has 0 radical (unpaired) electrons. The van der Waals surface area contributed by atoms with Crippen LogP contribution in [0.15, 0.2) is 59.5 Å². The van der Waals surface area contributed by atoms with Gasteiger partial charge < -0.3 is 4.74 Å². The molecule has 0 aromatic heterocycles. The molecule has 1 aliphatic carbocycles. The van der Waals surface area contributed by atoms with E-state index in [1.165, 1.54) is 18.9 Å². The Hall–Kier alpha value is -2.07. The van der Waals surface area contributed by atoms with Crippen molar-refractivity contribution in [3.8, 4) is 0 Å². The van der Waals surface area contributed by atoms with Crippen molar-refractivity contribution in [2.45, 2.75) is 22.5 Å². The number of hydrogen-bond acceptors (Lipinski definition) is 4. The van der Waals surface area contributed by atoms with Gasteiger partial charge in [-0.05, 0) is 30.5 Å². The van der Waals surface area contributed by atoms with E-state index in [-0.39, 0.29) is 5.78 Å². The molecule has 0 heterocycles. The van der Waals surface area contributed by atoms with Gasteiger partial charge >= 0.3 is 5.97 Å². The van der Waals surface area contributed by atoms with Gasteiger partial charge in [-0.3, -0.25) is 9.59 Å². The summed E-state index contributed by atoms with van der Waals surface area (Å²) in [6.07, 6.45) is 1.14. The number of carbonyl (C=O) groups excluding carboxylic acids is 2. The summed E-state index contributed by atoms with van der Waals surface area (Å²) in [5.41, 5.74) is 1.63. The second kappa shape index (κ2) is 5.97. The Morgan fingerprint density at radius 3 is 2.50 bits per heavy atom. The third kappa shape index (κ3) is 2.44. The Morgan fingerprint density at radius 1 is 1.09 bits per heavy atom.